The molecule has 3 aromatic heterocycles. The summed E-state index contributed by atoms with van der Waals surface area (Å²) in [6.45, 7) is 8.00. The van der Waals surface area contributed by atoms with E-state index in [2.05, 4.69) is 43.6 Å². The summed E-state index contributed by atoms with van der Waals surface area (Å²) in [7, 11) is 0. The highest BCUT2D eigenvalue weighted by Crippen LogP contribution is 2.22. The van der Waals surface area contributed by atoms with E-state index >= 15 is 0 Å². The van der Waals surface area contributed by atoms with Gasteiger partial charge in [0.2, 0.25) is 0 Å². The summed E-state index contributed by atoms with van der Waals surface area (Å²) < 4.78 is 1.24. The van der Waals surface area contributed by atoms with Crippen LogP contribution >= 0.6 is 24.0 Å². The normalized spacial score (nSPS) is 9.03. The highest BCUT2D eigenvalue weighted by molar-refractivity contribution is 7.80. The van der Waals surface area contributed by atoms with Crippen LogP contribution in [0.25, 0.3) is 10.2 Å². The minimum atomic E-state index is 0.417. The minimum absolute atomic E-state index is 0.417. The Bertz CT molecular complexity index is 1170. The zero-order valence-electron chi connectivity index (χ0n) is 20.6. The summed E-state index contributed by atoms with van der Waals surface area (Å²) in [6.07, 6.45) is 7.99. The number of imidazole rings is 2. The molecule has 0 unspecified atom stereocenters. The largest absolute Gasteiger partial charge is 0.398 e. The number of hydrogen-bond acceptors (Lipinski definition) is 7. The number of rotatable bonds is 3. The van der Waals surface area contributed by atoms with Crippen molar-refractivity contribution in [3.8, 4) is 6.07 Å². The van der Waals surface area contributed by atoms with Gasteiger partial charge in [-0.1, -0.05) is 52.0 Å². The predicted molar refractivity (Wildman–Crippen MR) is 150 cm³/mol. The Balaban J connectivity index is 0.000000263. The molecule has 0 aliphatic heterocycles. The lowest BCUT2D eigenvalue weighted by Crippen LogP contribution is -1.85. The first-order valence-electron chi connectivity index (χ1n) is 11.3. The molecule has 0 radical (unpaired) electrons. The summed E-state index contributed by atoms with van der Waals surface area (Å²) in [5.41, 5.74) is 9.23. The lowest BCUT2D eigenvalue weighted by Gasteiger charge is -1.92. The van der Waals surface area contributed by atoms with E-state index < -0.39 is 0 Å². The van der Waals surface area contributed by atoms with E-state index in [-0.39, 0.29) is 0 Å². The van der Waals surface area contributed by atoms with Crippen LogP contribution in [0.3, 0.4) is 0 Å². The van der Waals surface area contributed by atoms with Gasteiger partial charge in [-0.2, -0.15) is 5.26 Å². The molecule has 35 heavy (non-hydrogen) atoms. The van der Waals surface area contributed by atoms with Crippen LogP contribution in [0.2, 0.25) is 0 Å². The number of fused-ring (bicyclic) bond motifs is 1. The molecule has 0 spiro atoms. The molecular weight excluding hydrogens is 474 g/mol. The van der Waals surface area contributed by atoms with Gasteiger partial charge in [0.25, 0.3) is 0 Å². The number of nitrogens with zero attached hydrogens (tertiary/aromatic N) is 4. The number of nitrogens with one attached hydrogen (secondary N) is 2. The molecule has 0 fully saturated rings. The quantitative estimate of drug-likeness (QED) is 0.160. The van der Waals surface area contributed by atoms with Crippen LogP contribution in [0.1, 0.15) is 44.1 Å². The predicted octanol–water partition coefficient (Wildman–Crippen LogP) is 6.70. The summed E-state index contributed by atoms with van der Waals surface area (Å²) >= 11 is 5.81. The van der Waals surface area contributed by atoms with Gasteiger partial charge in [0, 0.05) is 40.8 Å². The van der Waals surface area contributed by atoms with Crippen molar-refractivity contribution in [2.45, 2.75) is 45.4 Å². The Morgan fingerprint density at radius 1 is 0.914 bits per heavy atom. The fraction of sp³-hybridized carbons (Fsp3) is 0.231. The monoisotopic (exact) mass is 507 g/mol. The van der Waals surface area contributed by atoms with Crippen LogP contribution in [-0.4, -0.2) is 24.9 Å². The summed E-state index contributed by atoms with van der Waals surface area (Å²) in [6, 6.07) is 17.7. The number of thiol groups is 1. The van der Waals surface area contributed by atoms with Gasteiger partial charge in [-0.25, -0.2) is 15.0 Å². The Morgan fingerprint density at radius 3 is 2.03 bits per heavy atom. The van der Waals surface area contributed by atoms with Crippen molar-refractivity contribution in [2.24, 2.45) is 0 Å². The van der Waals surface area contributed by atoms with Crippen molar-refractivity contribution in [3.05, 3.63) is 90.0 Å². The second-order valence-corrected chi connectivity index (χ2v) is 7.90. The molecule has 0 aliphatic rings. The molecule has 0 saturated carbocycles. The van der Waals surface area contributed by atoms with Crippen LogP contribution in [0, 0.1) is 11.3 Å². The third-order valence-corrected chi connectivity index (χ3v) is 5.44. The number of nitriles is 1. The first-order chi connectivity index (χ1) is 17.2. The lowest BCUT2D eigenvalue weighted by molar-refractivity contribution is 1.09. The van der Waals surface area contributed by atoms with Crippen LogP contribution in [-0.2, 0) is 12.8 Å². The van der Waals surface area contributed by atoms with Crippen molar-refractivity contribution in [2.75, 3.05) is 5.73 Å². The van der Waals surface area contributed by atoms with Crippen LogP contribution in [0.4, 0.5) is 5.69 Å². The molecule has 184 valence electrons. The van der Waals surface area contributed by atoms with Gasteiger partial charge in [-0.15, -0.1) is 24.0 Å². The Morgan fingerprint density at radius 2 is 1.51 bits per heavy atom. The van der Waals surface area contributed by atoms with E-state index in [0.717, 1.165) is 38.9 Å². The van der Waals surface area contributed by atoms with E-state index in [4.69, 9.17) is 11.0 Å². The number of nitrogens with two attached hydrogens (primary N) is 1. The number of thiazole rings is 1. The smallest absolute Gasteiger partial charge is 0.0997 e. The molecule has 2 aromatic carbocycles. The van der Waals surface area contributed by atoms with Crippen LogP contribution in [0.5, 0.6) is 0 Å². The number of anilines is 1. The molecule has 5 aromatic rings. The van der Waals surface area contributed by atoms with Gasteiger partial charge >= 0.3 is 0 Å². The van der Waals surface area contributed by atoms with Crippen molar-refractivity contribution < 1.29 is 0 Å². The second-order valence-electron chi connectivity index (χ2n) is 6.30. The van der Waals surface area contributed by atoms with E-state index in [0.29, 0.717) is 6.42 Å². The van der Waals surface area contributed by atoms with Gasteiger partial charge in [0.05, 0.1) is 40.4 Å². The molecule has 0 aliphatic carbocycles. The maximum atomic E-state index is 8.14. The summed E-state index contributed by atoms with van der Waals surface area (Å²) in [4.78, 5) is 19.0. The van der Waals surface area contributed by atoms with Gasteiger partial charge < -0.3 is 15.7 Å². The first-order valence-corrected chi connectivity index (χ1v) is 12.6. The van der Waals surface area contributed by atoms with E-state index in [1.165, 1.54) is 4.70 Å². The zero-order chi connectivity index (χ0) is 25.9. The molecular formula is C26H33N7S2. The number of H-pyrrole nitrogens is 2. The molecule has 0 bridgehead atoms. The maximum Gasteiger partial charge on any atom is 0.0997 e. The van der Waals surface area contributed by atoms with E-state index in [1.807, 2.05) is 82.4 Å². The molecule has 0 atom stereocenters. The third kappa shape index (κ3) is 10.9. The van der Waals surface area contributed by atoms with Crippen molar-refractivity contribution in [1.82, 2.24) is 24.9 Å². The minimum Gasteiger partial charge on any atom is -0.398 e. The fourth-order valence-electron chi connectivity index (χ4n) is 2.49. The molecule has 5 rings (SSSR count). The van der Waals surface area contributed by atoms with Crippen LogP contribution < -0.4 is 5.73 Å². The highest BCUT2D eigenvalue weighted by Gasteiger charge is 2.04. The summed E-state index contributed by atoms with van der Waals surface area (Å²) in [5.74, 6) is 0. The average Bonchev–Trinajstić information content (AvgIpc) is 3.67. The number of para-hydroxylation sites is 2. The Hall–Kier alpha value is -3.61. The number of aromatic amines is 2. The highest BCUT2D eigenvalue weighted by atomic mass is 32.1. The zero-order valence-corrected chi connectivity index (χ0v) is 22.3. The third-order valence-electron chi connectivity index (χ3n) is 4.00. The van der Waals surface area contributed by atoms with Gasteiger partial charge in [0.15, 0.2) is 0 Å². The second kappa shape index (κ2) is 17.8. The lowest BCUT2D eigenvalue weighted by atomic mass is 10.3. The van der Waals surface area contributed by atoms with Crippen molar-refractivity contribution in [1.29, 1.82) is 5.26 Å². The molecule has 7 nitrogen and oxygen atoms in total. The van der Waals surface area contributed by atoms with E-state index in [9.17, 15) is 0 Å². The fourth-order valence-corrected chi connectivity index (χ4v) is 3.64. The van der Waals surface area contributed by atoms with Gasteiger partial charge in [0.1, 0.15) is 0 Å². The molecule has 4 N–H and O–H groups in total. The molecule has 0 amide bonds. The van der Waals surface area contributed by atoms with E-state index in [1.54, 1.807) is 30.2 Å². The average molecular weight is 508 g/mol. The van der Waals surface area contributed by atoms with Gasteiger partial charge in [-0.05, 0) is 24.3 Å². The Kier molecular flexibility index (Phi) is 15.0. The molecule has 0 saturated heterocycles. The SMILES string of the molecule is CC.CC.N#CCc1cnc[nH]1.Nc1ccccc1S.c1ccc2sc(Cc3cnc[nH]3)nc2c1. The number of benzene rings is 2. The number of hydrogen-bond donors (Lipinski definition) is 4. The van der Waals surface area contributed by atoms with Crippen LogP contribution in [0.15, 0.2) is 78.5 Å². The summed E-state index contributed by atoms with van der Waals surface area (Å²) in [5, 5.41) is 9.27. The first kappa shape index (κ1) is 29.4. The number of aromatic nitrogens is 5. The maximum absolute atomic E-state index is 8.14. The van der Waals surface area contributed by atoms with Gasteiger partial charge in [-0.3, -0.25) is 0 Å². The molecule has 3 heterocycles. The molecule has 9 heteroatoms. The Labute approximate surface area is 216 Å². The van der Waals surface area contributed by atoms with Crippen molar-refractivity contribution >= 4 is 39.9 Å². The number of nitrogen functional groups attached to an aromatic ring is 1. The van der Waals surface area contributed by atoms with Crippen molar-refractivity contribution in [3.63, 3.8) is 0 Å². The standard InChI is InChI=1S/C11H9N3S.C6H7NS.C5H5N3.2C2H6/c1-2-4-10-9(3-1)14-11(15-10)5-8-6-12-7-13-8;7-5-3-1-2-4-6(5)8;6-2-1-5-3-7-4-8-5;2*1-2/h1-4,6-7H,5H2,(H,12,13);1-4,8H,7H2;3-4H,1H2,(H,7,8);2*1-2H3. The topological polar surface area (TPSA) is 120 Å².